The Morgan fingerprint density at radius 1 is 1.00 bits per heavy atom. The molecule has 1 atom stereocenters. The van der Waals surface area contributed by atoms with Gasteiger partial charge in [0.25, 0.3) is 0 Å². The highest BCUT2D eigenvalue weighted by Gasteiger charge is 2.13. The van der Waals surface area contributed by atoms with E-state index in [9.17, 15) is 13.9 Å². The van der Waals surface area contributed by atoms with E-state index in [2.05, 4.69) is 15.9 Å². The van der Waals surface area contributed by atoms with E-state index >= 15 is 0 Å². The van der Waals surface area contributed by atoms with E-state index in [1.54, 1.807) is 12.1 Å². The first-order valence-corrected chi connectivity index (χ1v) is 6.17. The van der Waals surface area contributed by atoms with Gasteiger partial charge in [-0.15, -0.1) is 0 Å². The zero-order chi connectivity index (χ0) is 13.3. The molecule has 18 heavy (non-hydrogen) atoms. The van der Waals surface area contributed by atoms with E-state index in [1.165, 1.54) is 6.07 Å². The molecule has 1 nitrogen and oxygen atoms in total. The van der Waals surface area contributed by atoms with E-state index in [-0.39, 0.29) is 0 Å². The maximum atomic E-state index is 13.1. The minimum atomic E-state index is -0.976. The largest absolute Gasteiger partial charge is 0.384 e. The van der Waals surface area contributed by atoms with Gasteiger partial charge in [0, 0.05) is 4.47 Å². The summed E-state index contributed by atoms with van der Waals surface area (Å²) in [5, 5.41) is 10.1. The summed E-state index contributed by atoms with van der Waals surface area (Å²) in [6, 6.07) is 8.85. The molecule has 1 N–H and O–H groups in total. The topological polar surface area (TPSA) is 20.2 Å². The van der Waals surface area contributed by atoms with Crippen molar-refractivity contribution < 1.29 is 13.9 Å². The summed E-state index contributed by atoms with van der Waals surface area (Å²) >= 11 is 3.33. The Hall–Kier alpha value is -1.26. The number of halogens is 3. The van der Waals surface area contributed by atoms with E-state index in [0.29, 0.717) is 11.1 Å². The Morgan fingerprint density at radius 3 is 2.33 bits per heavy atom. The quantitative estimate of drug-likeness (QED) is 0.884. The molecule has 0 amide bonds. The van der Waals surface area contributed by atoms with Crippen molar-refractivity contribution in [3.8, 4) is 0 Å². The van der Waals surface area contributed by atoms with Crippen molar-refractivity contribution in [1.82, 2.24) is 0 Å². The van der Waals surface area contributed by atoms with Gasteiger partial charge in [-0.25, -0.2) is 8.78 Å². The second-order valence-corrected chi connectivity index (χ2v) is 5.05. The van der Waals surface area contributed by atoms with Gasteiger partial charge in [-0.2, -0.15) is 0 Å². The smallest absolute Gasteiger partial charge is 0.159 e. The second kappa shape index (κ2) is 5.16. The van der Waals surface area contributed by atoms with Crippen LogP contribution in [0.3, 0.4) is 0 Å². The van der Waals surface area contributed by atoms with Gasteiger partial charge in [0.15, 0.2) is 11.6 Å². The van der Waals surface area contributed by atoms with Crippen LogP contribution in [0.2, 0.25) is 0 Å². The summed E-state index contributed by atoms with van der Waals surface area (Å²) in [7, 11) is 0. The van der Waals surface area contributed by atoms with Crippen molar-refractivity contribution in [2.45, 2.75) is 13.0 Å². The molecule has 0 radical (unpaired) electrons. The fraction of sp³-hybridized carbons (Fsp3) is 0.143. The molecule has 0 aromatic heterocycles. The first-order valence-electron chi connectivity index (χ1n) is 5.37. The van der Waals surface area contributed by atoms with E-state index in [1.807, 2.05) is 13.0 Å². The fourth-order valence-electron chi connectivity index (χ4n) is 1.80. The summed E-state index contributed by atoms with van der Waals surface area (Å²) in [5.41, 5.74) is 1.93. The molecule has 0 fully saturated rings. The predicted molar refractivity (Wildman–Crippen MR) is 69.3 cm³/mol. The normalized spacial score (nSPS) is 12.5. The standard InChI is InChI=1S/C14H11BrF2O/c1-8-4-10(6-11(15)5-8)14(18)9-2-3-12(16)13(17)7-9/h2-7,14,18H,1H3. The van der Waals surface area contributed by atoms with Gasteiger partial charge in [0.2, 0.25) is 0 Å². The van der Waals surface area contributed by atoms with Crippen LogP contribution in [0, 0.1) is 18.6 Å². The zero-order valence-electron chi connectivity index (χ0n) is 9.62. The highest BCUT2D eigenvalue weighted by atomic mass is 79.9. The monoisotopic (exact) mass is 312 g/mol. The van der Waals surface area contributed by atoms with E-state index < -0.39 is 17.7 Å². The van der Waals surface area contributed by atoms with Crippen LogP contribution in [0.1, 0.15) is 22.8 Å². The van der Waals surface area contributed by atoms with Crippen LogP contribution in [0.25, 0.3) is 0 Å². The van der Waals surface area contributed by atoms with Crippen molar-refractivity contribution in [1.29, 1.82) is 0 Å². The van der Waals surface area contributed by atoms with Gasteiger partial charge < -0.3 is 5.11 Å². The number of hydrogen-bond donors (Lipinski definition) is 1. The van der Waals surface area contributed by atoms with Crippen LogP contribution in [0.4, 0.5) is 8.78 Å². The molecular formula is C14H11BrF2O. The first kappa shape index (κ1) is 13.2. The number of aliphatic hydroxyl groups excluding tert-OH is 1. The summed E-state index contributed by atoms with van der Waals surface area (Å²) in [6.07, 6.45) is -0.976. The average molecular weight is 313 g/mol. The fourth-order valence-corrected chi connectivity index (χ4v) is 2.42. The Kier molecular flexibility index (Phi) is 3.78. The van der Waals surface area contributed by atoms with E-state index in [0.717, 1.165) is 22.2 Å². The van der Waals surface area contributed by atoms with Crippen LogP contribution >= 0.6 is 15.9 Å². The lowest BCUT2D eigenvalue weighted by Crippen LogP contribution is -2.01. The van der Waals surface area contributed by atoms with Crippen LogP contribution in [-0.4, -0.2) is 5.11 Å². The third kappa shape index (κ3) is 2.76. The van der Waals surface area contributed by atoms with Crippen molar-refractivity contribution in [2.24, 2.45) is 0 Å². The molecule has 0 heterocycles. The highest BCUT2D eigenvalue weighted by molar-refractivity contribution is 9.10. The van der Waals surface area contributed by atoms with Crippen molar-refractivity contribution in [3.05, 3.63) is 69.2 Å². The minimum absolute atomic E-state index is 0.325. The third-order valence-corrected chi connectivity index (χ3v) is 3.10. The lowest BCUT2D eigenvalue weighted by Gasteiger charge is -2.13. The molecule has 4 heteroatoms. The van der Waals surface area contributed by atoms with Gasteiger partial charge in [-0.3, -0.25) is 0 Å². The average Bonchev–Trinajstić information content (AvgIpc) is 2.30. The SMILES string of the molecule is Cc1cc(Br)cc(C(O)c2ccc(F)c(F)c2)c1. The molecule has 1 unspecified atom stereocenters. The van der Waals surface area contributed by atoms with Gasteiger partial charge in [0.05, 0.1) is 0 Å². The number of hydrogen-bond acceptors (Lipinski definition) is 1. The molecule has 0 aliphatic heterocycles. The van der Waals surface area contributed by atoms with Crippen molar-refractivity contribution in [2.75, 3.05) is 0 Å². The van der Waals surface area contributed by atoms with Gasteiger partial charge in [-0.1, -0.05) is 28.1 Å². The van der Waals surface area contributed by atoms with E-state index in [4.69, 9.17) is 0 Å². The summed E-state index contributed by atoms with van der Waals surface area (Å²) < 4.78 is 26.8. The van der Waals surface area contributed by atoms with Crippen LogP contribution in [0.5, 0.6) is 0 Å². The molecule has 94 valence electrons. The van der Waals surface area contributed by atoms with Gasteiger partial charge in [-0.05, 0) is 47.9 Å². The Labute approximate surface area is 112 Å². The Morgan fingerprint density at radius 2 is 1.72 bits per heavy atom. The summed E-state index contributed by atoms with van der Waals surface area (Å²) in [5.74, 6) is -1.88. The number of aliphatic hydroxyl groups is 1. The molecule has 0 bridgehead atoms. The zero-order valence-corrected chi connectivity index (χ0v) is 11.2. The van der Waals surface area contributed by atoms with Crippen molar-refractivity contribution in [3.63, 3.8) is 0 Å². The minimum Gasteiger partial charge on any atom is -0.384 e. The first-order chi connectivity index (χ1) is 8.47. The lowest BCUT2D eigenvalue weighted by atomic mass is 10.00. The molecule has 0 aliphatic carbocycles. The second-order valence-electron chi connectivity index (χ2n) is 4.14. The number of aryl methyl sites for hydroxylation is 1. The molecular weight excluding hydrogens is 302 g/mol. The molecule has 2 aromatic rings. The van der Waals surface area contributed by atoms with Crippen LogP contribution < -0.4 is 0 Å². The van der Waals surface area contributed by atoms with Gasteiger partial charge in [0.1, 0.15) is 6.10 Å². The van der Waals surface area contributed by atoms with Crippen LogP contribution in [0.15, 0.2) is 40.9 Å². The summed E-state index contributed by atoms with van der Waals surface area (Å²) in [4.78, 5) is 0. The molecule has 0 aliphatic rings. The lowest BCUT2D eigenvalue weighted by molar-refractivity contribution is 0.219. The maximum Gasteiger partial charge on any atom is 0.159 e. The van der Waals surface area contributed by atoms with Crippen LogP contribution in [-0.2, 0) is 0 Å². The molecule has 0 spiro atoms. The molecule has 2 rings (SSSR count). The highest BCUT2D eigenvalue weighted by Crippen LogP contribution is 2.26. The molecule has 2 aromatic carbocycles. The molecule has 0 saturated heterocycles. The van der Waals surface area contributed by atoms with Gasteiger partial charge >= 0.3 is 0 Å². The van der Waals surface area contributed by atoms with Crippen molar-refractivity contribution >= 4 is 15.9 Å². The Balaban J connectivity index is 2.40. The molecule has 0 saturated carbocycles. The summed E-state index contributed by atoms with van der Waals surface area (Å²) in [6.45, 7) is 1.90. The Bertz CT molecular complexity index is 564. The predicted octanol–water partition coefficient (Wildman–Crippen LogP) is 4.12. The third-order valence-electron chi connectivity index (χ3n) is 2.64. The number of rotatable bonds is 2. The number of benzene rings is 2. The maximum absolute atomic E-state index is 13.1.